The Morgan fingerprint density at radius 1 is 1.36 bits per heavy atom. The maximum Gasteiger partial charge on any atom is 0.0926 e. The minimum Gasteiger partial charge on any atom is -0.393 e. The molecule has 0 aliphatic carbocycles. The van der Waals surface area contributed by atoms with Crippen molar-refractivity contribution in [2.45, 2.75) is 44.5 Å². The van der Waals surface area contributed by atoms with Gasteiger partial charge in [0.25, 0.3) is 0 Å². The van der Waals surface area contributed by atoms with Crippen LogP contribution >= 0.6 is 0 Å². The van der Waals surface area contributed by atoms with E-state index in [1.165, 1.54) is 0 Å². The molecule has 0 amide bonds. The Hall–Kier alpha value is -0.120. The van der Waals surface area contributed by atoms with E-state index in [-0.39, 0.29) is 18.8 Å². The predicted molar refractivity (Wildman–Crippen MR) is 41.3 cm³/mol. The third kappa shape index (κ3) is 2.15. The van der Waals surface area contributed by atoms with Crippen molar-refractivity contribution in [1.29, 1.82) is 0 Å². The van der Waals surface area contributed by atoms with E-state index in [0.717, 1.165) is 0 Å². The Labute approximate surface area is 67.0 Å². The fraction of sp³-hybridized carbons (Fsp3) is 1.00. The normalized spacial score (nSPS) is 45.8. The number of hydrogen-bond donors (Lipinski definition) is 2. The summed E-state index contributed by atoms with van der Waals surface area (Å²) < 4.78 is 5.41. The molecule has 0 aromatic carbocycles. The summed E-state index contributed by atoms with van der Waals surface area (Å²) in [5, 5.41) is 18.6. The molecule has 0 aromatic heterocycles. The van der Waals surface area contributed by atoms with Gasteiger partial charge in [-0.3, -0.25) is 0 Å². The molecule has 0 aromatic rings. The smallest absolute Gasteiger partial charge is 0.0926 e. The van der Waals surface area contributed by atoms with Crippen LogP contribution in [0.1, 0.15) is 26.7 Å². The van der Waals surface area contributed by atoms with E-state index in [0.29, 0.717) is 12.8 Å². The van der Waals surface area contributed by atoms with Gasteiger partial charge in [0.1, 0.15) is 0 Å². The van der Waals surface area contributed by atoms with E-state index < -0.39 is 5.60 Å². The van der Waals surface area contributed by atoms with Gasteiger partial charge in [-0.15, -0.1) is 0 Å². The zero-order valence-corrected chi connectivity index (χ0v) is 7.08. The van der Waals surface area contributed by atoms with Crippen molar-refractivity contribution in [3.63, 3.8) is 0 Å². The van der Waals surface area contributed by atoms with Gasteiger partial charge < -0.3 is 14.9 Å². The highest BCUT2D eigenvalue weighted by Crippen LogP contribution is 2.27. The summed E-state index contributed by atoms with van der Waals surface area (Å²) in [6.07, 6.45) is 1.17. The fourth-order valence-electron chi connectivity index (χ4n) is 1.78. The Morgan fingerprint density at radius 3 is 2.18 bits per heavy atom. The molecule has 1 saturated heterocycles. The SMILES string of the molecule is CC1CC(O)(CO)CC(C)O1. The molecule has 1 rings (SSSR count). The van der Waals surface area contributed by atoms with Gasteiger partial charge in [-0.25, -0.2) is 0 Å². The first kappa shape index (κ1) is 8.97. The lowest BCUT2D eigenvalue weighted by Gasteiger charge is -2.37. The van der Waals surface area contributed by atoms with E-state index in [1.807, 2.05) is 13.8 Å². The maximum atomic E-state index is 9.69. The van der Waals surface area contributed by atoms with Crippen LogP contribution in [-0.4, -0.2) is 34.6 Å². The number of hydrogen-bond acceptors (Lipinski definition) is 3. The molecule has 1 aliphatic heterocycles. The molecule has 3 nitrogen and oxygen atoms in total. The van der Waals surface area contributed by atoms with Crippen LogP contribution in [0.15, 0.2) is 0 Å². The van der Waals surface area contributed by atoms with Gasteiger partial charge >= 0.3 is 0 Å². The topological polar surface area (TPSA) is 49.7 Å². The fourth-order valence-corrected chi connectivity index (χ4v) is 1.78. The highest BCUT2D eigenvalue weighted by Gasteiger charge is 2.35. The third-order valence-electron chi connectivity index (χ3n) is 2.09. The Morgan fingerprint density at radius 2 is 1.82 bits per heavy atom. The van der Waals surface area contributed by atoms with Crippen LogP contribution in [0.25, 0.3) is 0 Å². The molecule has 0 radical (unpaired) electrons. The quantitative estimate of drug-likeness (QED) is 0.580. The Bertz CT molecular complexity index is 125. The van der Waals surface area contributed by atoms with Gasteiger partial charge in [0.15, 0.2) is 0 Å². The third-order valence-corrected chi connectivity index (χ3v) is 2.09. The summed E-state index contributed by atoms with van der Waals surface area (Å²) >= 11 is 0. The van der Waals surface area contributed by atoms with Crippen LogP contribution in [0, 0.1) is 0 Å². The molecule has 0 saturated carbocycles. The highest BCUT2D eigenvalue weighted by molar-refractivity contribution is 4.86. The number of aliphatic hydroxyl groups excluding tert-OH is 1. The molecule has 0 spiro atoms. The van der Waals surface area contributed by atoms with Crippen molar-refractivity contribution in [2.24, 2.45) is 0 Å². The van der Waals surface area contributed by atoms with Crippen molar-refractivity contribution < 1.29 is 14.9 Å². The van der Waals surface area contributed by atoms with Crippen molar-refractivity contribution in [2.75, 3.05) is 6.61 Å². The number of ether oxygens (including phenoxy) is 1. The van der Waals surface area contributed by atoms with Crippen LogP contribution in [0.4, 0.5) is 0 Å². The van der Waals surface area contributed by atoms with Crippen molar-refractivity contribution in [1.82, 2.24) is 0 Å². The summed E-state index contributed by atoms with van der Waals surface area (Å²) in [5.41, 5.74) is -0.906. The molecule has 1 heterocycles. The van der Waals surface area contributed by atoms with E-state index in [4.69, 9.17) is 9.84 Å². The summed E-state index contributed by atoms with van der Waals surface area (Å²) in [4.78, 5) is 0. The summed E-state index contributed by atoms with van der Waals surface area (Å²) in [7, 11) is 0. The summed E-state index contributed by atoms with van der Waals surface area (Å²) in [6, 6.07) is 0. The molecule has 2 atom stereocenters. The average molecular weight is 160 g/mol. The van der Waals surface area contributed by atoms with Crippen LogP contribution in [0.2, 0.25) is 0 Å². The van der Waals surface area contributed by atoms with Gasteiger partial charge in [-0.05, 0) is 13.8 Å². The summed E-state index contributed by atoms with van der Waals surface area (Å²) in [6.45, 7) is 3.66. The van der Waals surface area contributed by atoms with E-state index >= 15 is 0 Å². The molecular weight excluding hydrogens is 144 g/mol. The first-order chi connectivity index (χ1) is 5.06. The first-order valence-electron chi connectivity index (χ1n) is 4.04. The van der Waals surface area contributed by atoms with E-state index in [1.54, 1.807) is 0 Å². The lowest BCUT2D eigenvalue weighted by atomic mass is 9.89. The second-order valence-electron chi connectivity index (χ2n) is 3.55. The van der Waals surface area contributed by atoms with Crippen molar-refractivity contribution in [3.8, 4) is 0 Å². The monoisotopic (exact) mass is 160 g/mol. The molecule has 2 N–H and O–H groups in total. The Balaban J connectivity index is 2.55. The molecule has 2 unspecified atom stereocenters. The summed E-state index contributed by atoms with van der Waals surface area (Å²) in [5.74, 6) is 0. The van der Waals surface area contributed by atoms with Crippen LogP contribution in [-0.2, 0) is 4.74 Å². The highest BCUT2D eigenvalue weighted by atomic mass is 16.5. The van der Waals surface area contributed by atoms with Gasteiger partial charge in [0.05, 0.1) is 24.4 Å². The molecule has 66 valence electrons. The molecule has 11 heavy (non-hydrogen) atoms. The molecule has 1 aliphatic rings. The number of aliphatic hydroxyl groups is 2. The van der Waals surface area contributed by atoms with E-state index in [2.05, 4.69) is 0 Å². The minimum absolute atomic E-state index is 0.0518. The standard InChI is InChI=1S/C8H16O3/c1-6-3-8(10,5-9)4-7(2)11-6/h6-7,9-10H,3-5H2,1-2H3. The van der Waals surface area contributed by atoms with Crippen LogP contribution in [0.5, 0.6) is 0 Å². The zero-order valence-electron chi connectivity index (χ0n) is 7.08. The Kier molecular flexibility index (Phi) is 2.52. The zero-order chi connectivity index (χ0) is 8.48. The predicted octanol–water partition coefficient (Wildman–Crippen LogP) is 0.297. The lowest BCUT2D eigenvalue weighted by molar-refractivity contribution is -0.147. The first-order valence-corrected chi connectivity index (χ1v) is 4.04. The van der Waals surface area contributed by atoms with Crippen molar-refractivity contribution in [3.05, 3.63) is 0 Å². The number of rotatable bonds is 1. The molecule has 1 fully saturated rings. The lowest BCUT2D eigenvalue weighted by Crippen LogP contribution is -2.45. The maximum absolute atomic E-state index is 9.69. The van der Waals surface area contributed by atoms with Crippen LogP contribution < -0.4 is 0 Å². The average Bonchev–Trinajstić information content (AvgIpc) is 1.84. The van der Waals surface area contributed by atoms with Crippen LogP contribution in [0.3, 0.4) is 0 Å². The van der Waals surface area contributed by atoms with Gasteiger partial charge in [0, 0.05) is 12.8 Å². The minimum atomic E-state index is -0.906. The largest absolute Gasteiger partial charge is 0.393 e. The molecule has 3 heteroatoms. The van der Waals surface area contributed by atoms with Gasteiger partial charge in [-0.1, -0.05) is 0 Å². The molecule has 0 bridgehead atoms. The van der Waals surface area contributed by atoms with E-state index in [9.17, 15) is 5.11 Å². The second-order valence-corrected chi connectivity index (χ2v) is 3.55. The van der Waals surface area contributed by atoms with Gasteiger partial charge in [-0.2, -0.15) is 0 Å². The molecular formula is C8H16O3. The van der Waals surface area contributed by atoms with Crippen molar-refractivity contribution >= 4 is 0 Å². The second kappa shape index (κ2) is 3.09. The van der Waals surface area contributed by atoms with Gasteiger partial charge in [0.2, 0.25) is 0 Å².